The number of carbonyl (C=O) groups is 1. The standard InChI is InChI=1S/C14H27BrO5S.Na/c15-11-8-6-4-2-1-3-5-7-10-14(16)20-12-9-13-21(17,18)19;/h1-13H2,(H,17,18,19);/q;+1/p-1. The fourth-order valence-electron chi connectivity index (χ4n) is 1.92. The summed E-state index contributed by atoms with van der Waals surface area (Å²) in [7, 11) is -4.20. The van der Waals surface area contributed by atoms with E-state index in [2.05, 4.69) is 15.9 Å². The van der Waals surface area contributed by atoms with E-state index >= 15 is 0 Å². The van der Waals surface area contributed by atoms with Gasteiger partial charge in [0.15, 0.2) is 0 Å². The predicted molar refractivity (Wildman–Crippen MR) is 85.5 cm³/mol. The maximum Gasteiger partial charge on any atom is 1.00 e. The molecule has 0 spiro atoms. The van der Waals surface area contributed by atoms with Gasteiger partial charge in [-0.2, -0.15) is 0 Å². The van der Waals surface area contributed by atoms with Gasteiger partial charge in [0.1, 0.15) is 0 Å². The van der Waals surface area contributed by atoms with Crippen LogP contribution in [0, 0.1) is 0 Å². The van der Waals surface area contributed by atoms with Crippen molar-refractivity contribution in [2.24, 2.45) is 0 Å². The number of hydrogen-bond donors (Lipinski definition) is 0. The molecule has 0 amide bonds. The first-order valence-electron chi connectivity index (χ1n) is 7.61. The number of halogens is 1. The predicted octanol–water partition coefficient (Wildman–Crippen LogP) is 0.375. The molecule has 0 atom stereocenters. The summed E-state index contributed by atoms with van der Waals surface area (Å²) in [4.78, 5) is 11.3. The maximum absolute atomic E-state index is 11.3. The number of hydrogen-bond acceptors (Lipinski definition) is 5. The van der Waals surface area contributed by atoms with Crippen molar-refractivity contribution in [1.29, 1.82) is 0 Å². The zero-order valence-electron chi connectivity index (χ0n) is 13.5. The molecule has 0 heterocycles. The van der Waals surface area contributed by atoms with Crippen LogP contribution in [0.15, 0.2) is 0 Å². The van der Waals surface area contributed by atoms with Crippen molar-refractivity contribution < 1.29 is 52.1 Å². The average molecular weight is 409 g/mol. The van der Waals surface area contributed by atoms with Crippen LogP contribution >= 0.6 is 15.9 Å². The van der Waals surface area contributed by atoms with Crippen LogP contribution in [0.4, 0.5) is 0 Å². The van der Waals surface area contributed by atoms with Gasteiger partial charge in [-0.3, -0.25) is 4.79 Å². The van der Waals surface area contributed by atoms with Crippen LogP contribution in [-0.4, -0.2) is 36.6 Å². The molecule has 5 nitrogen and oxygen atoms in total. The minimum absolute atomic E-state index is 0. The molecule has 0 aromatic rings. The van der Waals surface area contributed by atoms with Crippen LogP contribution in [0.5, 0.6) is 0 Å². The zero-order valence-corrected chi connectivity index (χ0v) is 17.9. The molecule has 0 saturated carbocycles. The fourth-order valence-corrected chi connectivity index (χ4v) is 2.79. The smallest absolute Gasteiger partial charge is 0.748 e. The fraction of sp³-hybridized carbons (Fsp3) is 0.929. The van der Waals surface area contributed by atoms with Gasteiger partial charge >= 0.3 is 35.5 Å². The van der Waals surface area contributed by atoms with Gasteiger partial charge in [-0.05, 0) is 19.3 Å². The Morgan fingerprint density at radius 1 is 0.909 bits per heavy atom. The maximum atomic E-state index is 11.3. The molecule has 22 heavy (non-hydrogen) atoms. The van der Waals surface area contributed by atoms with Crippen molar-refractivity contribution in [1.82, 2.24) is 0 Å². The number of ether oxygens (including phenoxy) is 1. The van der Waals surface area contributed by atoms with Gasteiger partial charge in [-0.15, -0.1) is 0 Å². The summed E-state index contributed by atoms with van der Waals surface area (Å²) in [6, 6.07) is 0. The van der Waals surface area contributed by atoms with Gasteiger partial charge in [0, 0.05) is 17.5 Å². The zero-order chi connectivity index (χ0) is 16.0. The van der Waals surface area contributed by atoms with Crippen LogP contribution in [0.3, 0.4) is 0 Å². The van der Waals surface area contributed by atoms with E-state index in [1.165, 1.54) is 32.1 Å². The van der Waals surface area contributed by atoms with E-state index in [0.29, 0.717) is 6.42 Å². The van der Waals surface area contributed by atoms with Gasteiger partial charge in [-0.25, -0.2) is 8.42 Å². The average Bonchev–Trinajstić information content (AvgIpc) is 2.41. The van der Waals surface area contributed by atoms with Crippen molar-refractivity contribution in [3.63, 3.8) is 0 Å². The van der Waals surface area contributed by atoms with Crippen LogP contribution in [0.2, 0.25) is 0 Å². The van der Waals surface area contributed by atoms with E-state index in [1.54, 1.807) is 0 Å². The number of esters is 1. The molecule has 0 aliphatic heterocycles. The molecule has 0 rings (SSSR count). The Hall–Kier alpha value is 0.860. The Balaban J connectivity index is 0. The molecule has 0 saturated heterocycles. The molecule has 0 aliphatic carbocycles. The second kappa shape index (κ2) is 16.7. The van der Waals surface area contributed by atoms with Crippen LogP contribution in [0.1, 0.15) is 64.2 Å². The Bertz CT molecular complexity index is 362. The van der Waals surface area contributed by atoms with Crippen LogP contribution < -0.4 is 29.6 Å². The van der Waals surface area contributed by atoms with Crippen LogP contribution in [0.25, 0.3) is 0 Å². The quantitative estimate of drug-likeness (QED) is 0.136. The normalized spacial score (nSPS) is 11.0. The first kappa shape index (κ1) is 25.1. The van der Waals surface area contributed by atoms with Crippen molar-refractivity contribution in [2.75, 3.05) is 17.7 Å². The Morgan fingerprint density at radius 3 is 1.91 bits per heavy atom. The van der Waals surface area contributed by atoms with Gasteiger partial charge < -0.3 is 9.29 Å². The third-order valence-corrected chi connectivity index (χ3v) is 4.42. The van der Waals surface area contributed by atoms with E-state index in [-0.39, 0.29) is 48.6 Å². The molecule has 126 valence electrons. The minimum atomic E-state index is -4.20. The van der Waals surface area contributed by atoms with Crippen molar-refractivity contribution >= 4 is 32.0 Å². The summed E-state index contributed by atoms with van der Waals surface area (Å²) in [5.74, 6) is -0.786. The molecular weight excluding hydrogens is 383 g/mol. The Morgan fingerprint density at radius 2 is 1.41 bits per heavy atom. The van der Waals surface area contributed by atoms with Gasteiger partial charge in [0.25, 0.3) is 0 Å². The van der Waals surface area contributed by atoms with Gasteiger partial charge in [0.2, 0.25) is 0 Å². The molecule has 0 N–H and O–H groups in total. The monoisotopic (exact) mass is 408 g/mol. The second-order valence-electron chi connectivity index (χ2n) is 5.10. The third kappa shape index (κ3) is 20.9. The number of rotatable bonds is 14. The molecule has 0 aromatic heterocycles. The summed E-state index contributed by atoms with van der Waals surface area (Å²) in [5.41, 5.74) is 0. The molecule has 0 aromatic carbocycles. The minimum Gasteiger partial charge on any atom is -0.748 e. The van der Waals surface area contributed by atoms with Crippen molar-refractivity contribution in [3.05, 3.63) is 0 Å². The Labute approximate surface area is 165 Å². The Kier molecular flexibility index (Phi) is 19.1. The molecular formula is C14H26BrNaO5S. The van der Waals surface area contributed by atoms with Gasteiger partial charge in [0.05, 0.1) is 16.7 Å². The number of unbranched alkanes of at least 4 members (excludes halogenated alkanes) is 7. The first-order chi connectivity index (χ1) is 9.95. The number of carbonyl (C=O) groups excluding carboxylic acids is 1. The third-order valence-electron chi connectivity index (χ3n) is 3.07. The van der Waals surface area contributed by atoms with E-state index in [1.807, 2.05) is 0 Å². The topological polar surface area (TPSA) is 83.5 Å². The number of alkyl halides is 1. The second-order valence-corrected chi connectivity index (χ2v) is 7.42. The van der Waals surface area contributed by atoms with Crippen molar-refractivity contribution in [2.45, 2.75) is 64.2 Å². The van der Waals surface area contributed by atoms with E-state index in [0.717, 1.165) is 24.6 Å². The summed E-state index contributed by atoms with van der Waals surface area (Å²) in [6.07, 6.45) is 9.64. The van der Waals surface area contributed by atoms with E-state index in [4.69, 9.17) is 4.74 Å². The molecule has 0 fully saturated rings. The summed E-state index contributed by atoms with van der Waals surface area (Å²) in [6.45, 7) is 0.00781. The first-order valence-corrected chi connectivity index (χ1v) is 10.3. The summed E-state index contributed by atoms with van der Waals surface area (Å²) >= 11 is 3.41. The largest absolute Gasteiger partial charge is 1.00 e. The summed E-state index contributed by atoms with van der Waals surface area (Å²) < 4.78 is 35.9. The van der Waals surface area contributed by atoms with E-state index < -0.39 is 15.9 Å². The molecule has 0 unspecified atom stereocenters. The summed E-state index contributed by atoms with van der Waals surface area (Å²) in [5, 5.41) is 1.08. The van der Waals surface area contributed by atoms with Crippen molar-refractivity contribution in [3.8, 4) is 0 Å². The van der Waals surface area contributed by atoms with E-state index in [9.17, 15) is 17.8 Å². The molecule has 0 radical (unpaired) electrons. The molecule has 0 bridgehead atoms. The molecule has 8 heteroatoms. The molecule has 0 aliphatic rings. The SMILES string of the molecule is O=C(CCCCCCCCCCBr)OCCCS(=O)(=O)[O-].[Na+]. The van der Waals surface area contributed by atoms with Crippen LogP contribution in [-0.2, 0) is 19.6 Å². The van der Waals surface area contributed by atoms with Gasteiger partial charge in [-0.1, -0.05) is 54.5 Å².